The summed E-state index contributed by atoms with van der Waals surface area (Å²) in [5.41, 5.74) is 0.900. The summed E-state index contributed by atoms with van der Waals surface area (Å²) in [7, 11) is 0. The van der Waals surface area contributed by atoms with Gasteiger partial charge >= 0.3 is 0 Å². The molecule has 0 saturated carbocycles. The van der Waals surface area contributed by atoms with Crippen molar-refractivity contribution in [3.05, 3.63) is 28.8 Å². The fourth-order valence-corrected chi connectivity index (χ4v) is 1.27. The highest BCUT2D eigenvalue weighted by atomic mass is 35.5. The van der Waals surface area contributed by atoms with Crippen LogP contribution in [0.4, 0.5) is 0 Å². The molecule has 0 unspecified atom stereocenters. The monoisotopic (exact) mass is 169 g/mol. The molecule has 1 fully saturated rings. The predicted molar refractivity (Wildman–Crippen MR) is 43.9 cm³/mol. The number of hydrogen-bond acceptors (Lipinski definition) is 2. The molecule has 1 aromatic carbocycles. The third-order valence-corrected chi connectivity index (χ3v) is 2.11. The van der Waals surface area contributed by atoms with Crippen LogP contribution >= 0.6 is 11.6 Å². The smallest absolute Gasteiger partial charge is 0.138 e. The molecule has 1 aliphatic rings. The SMILES string of the molecule is Oc1c(Cl)cccc1[C@H]1CN1. The number of halogens is 1. The number of aromatic hydroxyl groups is 1. The van der Waals surface area contributed by atoms with Gasteiger partial charge in [-0.15, -0.1) is 0 Å². The topological polar surface area (TPSA) is 42.2 Å². The highest BCUT2D eigenvalue weighted by Crippen LogP contribution is 2.34. The molecule has 0 spiro atoms. The molecule has 1 aromatic rings. The van der Waals surface area contributed by atoms with E-state index in [1.165, 1.54) is 0 Å². The molecule has 11 heavy (non-hydrogen) atoms. The average molecular weight is 170 g/mol. The van der Waals surface area contributed by atoms with E-state index >= 15 is 0 Å². The summed E-state index contributed by atoms with van der Waals surface area (Å²) in [4.78, 5) is 0. The summed E-state index contributed by atoms with van der Waals surface area (Å²) in [6.07, 6.45) is 0. The van der Waals surface area contributed by atoms with Crippen LogP contribution in [-0.2, 0) is 0 Å². The summed E-state index contributed by atoms with van der Waals surface area (Å²) in [6.45, 7) is 0.938. The first-order chi connectivity index (χ1) is 5.29. The summed E-state index contributed by atoms with van der Waals surface area (Å²) >= 11 is 5.71. The van der Waals surface area contributed by atoms with E-state index in [4.69, 9.17) is 11.6 Å². The van der Waals surface area contributed by atoms with Crippen molar-refractivity contribution >= 4 is 11.6 Å². The maximum atomic E-state index is 9.44. The maximum Gasteiger partial charge on any atom is 0.138 e. The third kappa shape index (κ3) is 1.19. The Kier molecular flexibility index (Phi) is 1.51. The van der Waals surface area contributed by atoms with E-state index in [0.29, 0.717) is 11.1 Å². The molecule has 1 atom stereocenters. The van der Waals surface area contributed by atoms with Crippen molar-refractivity contribution < 1.29 is 5.11 Å². The van der Waals surface area contributed by atoms with Gasteiger partial charge < -0.3 is 10.4 Å². The number of rotatable bonds is 1. The Morgan fingerprint density at radius 3 is 2.91 bits per heavy atom. The Hall–Kier alpha value is -0.730. The molecule has 0 radical (unpaired) electrons. The molecule has 3 heteroatoms. The van der Waals surface area contributed by atoms with Crippen LogP contribution in [0, 0.1) is 0 Å². The van der Waals surface area contributed by atoms with Gasteiger partial charge in [0.15, 0.2) is 0 Å². The van der Waals surface area contributed by atoms with Crippen molar-refractivity contribution in [3.8, 4) is 5.75 Å². The van der Waals surface area contributed by atoms with Gasteiger partial charge in [-0.1, -0.05) is 23.7 Å². The molecule has 0 aromatic heterocycles. The van der Waals surface area contributed by atoms with Gasteiger partial charge in [0.1, 0.15) is 5.75 Å². The second-order valence-electron chi connectivity index (χ2n) is 2.64. The first kappa shape index (κ1) is 6.95. The Labute approximate surface area is 69.8 Å². The normalized spacial score (nSPS) is 21.7. The quantitative estimate of drug-likeness (QED) is 0.629. The largest absolute Gasteiger partial charge is 0.506 e. The molecule has 0 amide bonds. The minimum absolute atomic E-state index is 0.212. The van der Waals surface area contributed by atoms with E-state index in [0.717, 1.165) is 12.1 Å². The molecule has 0 bridgehead atoms. The van der Waals surface area contributed by atoms with Crippen molar-refractivity contribution in [2.24, 2.45) is 0 Å². The van der Waals surface area contributed by atoms with Gasteiger partial charge in [-0.25, -0.2) is 0 Å². The Morgan fingerprint density at radius 2 is 2.27 bits per heavy atom. The Morgan fingerprint density at radius 1 is 1.55 bits per heavy atom. The van der Waals surface area contributed by atoms with Gasteiger partial charge in [-0.3, -0.25) is 0 Å². The van der Waals surface area contributed by atoms with Crippen LogP contribution in [0.15, 0.2) is 18.2 Å². The first-order valence-corrected chi connectivity index (χ1v) is 3.87. The van der Waals surface area contributed by atoms with Gasteiger partial charge in [0.25, 0.3) is 0 Å². The van der Waals surface area contributed by atoms with Crippen LogP contribution in [0.5, 0.6) is 5.75 Å². The van der Waals surface area contributed by atoms with Crippen molar-refractivity contribution in [2.45, 2.75) is 6.04 Å². The number of para-hydroxylation sites is 1. The van der Waals surface area contributed by atoms with Crippen LogP contribution in [0.3, 0.4) is 0 Å². The van der Waals surface area contributed by atoms with Crippen LogP contribution in [0.2, 0.25) is 5.02 Å². The number of phenols is 1. The van der Waals surface area contributed by atoms with E-state index in [1.807, 2.05) is 12.1 Å². The average Bonchev–Trinajstić information content (AvgIpc) is 2.77. The molecule has 58 valence electrons. The number of hydrogen-bond donors (Lipinski definition) is 2. The van der Waals surface area contributed by atoms with Gasteiger partial charge in [0, 0.05) is 18.2 Å². The van der Waals surface area contributed by atoms with Crippen molar-refractivity contribution in [2.75, 3.05) is 6.54 Å². The molecular weight excluding hydrogens is 162 g/mol. The third-order valence-electron chi connectivity index (χ3n) is 1.80. The summed E-state index contributed by atoms with van der Waals surface area (Å²) in [5.74, 6) is 0.212. The first-order valence-electron chi connectivity index (χ1n) is 3.50. The zero-order valence-electron chi connectivity index (χ0n) is 5.84. The lowest BCUT2D eigenvalue weighted by Gasteiger charge is -2.01. The summed E-state index contributed by atoms with van der Waals surface area (Å²) in [5, 5.41) is 13.0. The van der Waals surface area contributed by atoms with Crippen LogP contribution in [0.1, 0.15) is 11.6 Å². The summed E-state index contributed by atoms with van der Waals surface area (Å²) in [6, 6.07) is 5.72. The Balaban J connectivity index is 2.45. The fourth-order valence-electron chi connectivity index (χ4n) is 1.09. The van der Waals surface area contributed by atoms with E-state index in [2.05, 4.69) is 5.32 Å². The van der Waals surface area contributed by atoms with Gasteiger partial charge in [0.05, 0.1) is 5.02 Å². The maximum absolute atomic E-state index is 9.44. The molecule has 1 saturated heterocycles. The van der Waals surface area contributed by atoms with Crippen molar-refractivity contribution in [1.29, 1.82) is 0 Å². The van der Waals surface area contributed by atoms with Gasteiger partial charge in [-0.05, 0) is 6.07 Å². The van der Waals surface area contributed by atoms with Crippen molar-refractivity contribution in [1.82, 2.24) is 5.32 Å². The summed E-state index contributed by atoms with van der Waals surface area (Å²) < 4.78 is 0. The molecule has 0 aliphatic carbocycles. The molecule has 1 aliphatic heterocycles. The second-order valence-corrected chi connectivity index (χ2v) is 3.05. The highest BCUT2D eigenvalue weighted by Gasteiger charge is 2.25. The second kappa shape index (κ2) is 2.40. The minimum Gasteiger partial charge on any atom is -0.506 e. The molecule has 1 heterocycles. The van der Waals surface area contributed by atoms with Crippen LogP contribution < -0.4 is 5.32 Å². The van der Waals surface area contributed by atoms with Gasteiger partial charge in [-0.2, -0.15) is 0 Å². The number of phenolic OH excluding ortho intramolecular Hbond substituents is 1. The fraction of sp³-hybridized carbons (Fsp3) is 0.250. The minimum atomic E-state index is 0.212. The van der Waals surface area contributed by atoms with E-state index in [9.17, 15) is 5.11 Å². The lowest BCUT2D eigenvalue weighted by molar-refractivity contribution is 0.468. The number of benzene rings is 1. The zero-order valence-corrected chi connectivity index (χ0v) is 6.60. The molecule has 2 N–H and O–H groups in total. The zero-order chi connectivity index (χ0) is 7.84. The highest BCUT2D eigenvalue weighted by molar-refractivity contribution is 6.32. The van der Waals surface area contributed by atoms with E-state index in [1.54, 1.807) is 6.07 Å². The lowest BCUT2D eigenvalue weighted by atomic mass is 10.1. The van der Waals surface area contributed by atoms with Crippen molar-refractivity contribution in [3.63, 3.8) is 0 Å². The molecular formula is C8H8ClNO. The van der Waals surface area contributed by atoms with Gasteiger partial charge in [0.2, 0.25) is 0 Å². The standard InChI is InChI=1S/C8H8ClNO/c9-6-3-1-2-5(8(6)11)7-4-10-7/h1-3,7,10-11H,4H2/t7-/m1/s1. The number of nitrogens with one attached hydrogen (secondary N) is 1. The van der Waals surface area contributed by atoms with E-state index in [-0.39, 0.29) is 5.75 Å². The van der Waals surface area contributed by atoms with Crippen LogP contribution in [-0.4, -0.2) is 11.7 Å². The molecule has 2 rings (SSSR count). The predicted octanol–water partition coefficient (Wildman–Crippen LogP) is 1.69. The Bertz CT molecular complexity index is 283. The van der Waals surface area contributed by atoms with Crippen LogP contribution in [0.25, 0.3) is 0 Å². The van der Waals surface area contributed by atoms with E-state index < -0.39 is 0 Å². The molecule has 2 nitrogen and oxygen atoms in total. The lowest BCUT2D eigenvalue weighted by Crippen LogP contribution is -1.84.